The monoisotopic (exact) mass is 301 g/mol. The van der Waals surface area contributed by atoms with Crippen LogP contribution in [0.2, 0.25) is 0 Å². The van der Waals surface area contributed by atoms with Crippen molar-refractivity contribution in [2.45, 2.75) is 26.8 Å². The molecule has 0 atom stereocenters. The van der Waals surface area contributed by atoms with Crippen LogP contribution in [-0.4, -0.2) is 17.6 Å². The molecular formula is C18H20FNO2. The molecule has 116 valence electrons. The Morgan fingerprint density at radius 1 is 1.18 bits per heavy atom. The highest BCUT2D eigenvalue weighted by Gasteiger charge is 2.12. The Labute approximate surface area is 130 Å². The van der Waals surface area contributed by atoms with Gasteiger partial charge in [-0.25, -0.2) is 4.39 Å². The van der Waals surface area contributed by atoms with Crippen LogP contribution in [0.15, 0.2) is 42.5 Å². The van der Waals surface area contributed by atoms with E-state index in [4.69, 9.17) is 5.11 Å². The second kappa shape index (κ2) is 7.07. The van der Waals surface area contributed by atoms with E-state index in [0.29, 0.717) is 13.1 Å². The van der Waals surface area contributed by atoms with Crippen LogP contribution in [0.3, 0.4) is 0 Å². The van der Waals surface area contributed by atoms with Crippen LogP contribution in [0.5, 0.6) is 0 Å². The van der Waals surface area contributed by atoms with Gasteiger partial charge in [-0.1, -0.05) is 24.3 Å². The fraction of sp³-hybridized carbons (Fsp3) is 0.278. The molecule has 0 saturated heterocycles. The van der Waals surface area contributed by atoms with Crippen molar-refractivity contribution < 1.29 is 14.3 Å². The van der Waals surface area contributed by atoms with Crippen LogP contribution >= 0.6 is 0 Å². The molecule has 0 radical (unpaired) electrons. The number of carboxylic acid groups (broad SMARTS) is 1. The predicted molar refractivity (Wildman–Crippen MR) is 85.6 cm³/mol. The molecule has 0 aromatic heterocycles. The van der Waals surface area contributed by atoms with Gasteiger partial charge >= 0.3 is 5.97 Å². The van der Waals surface area contributed by atoms with E-state index >= 15 is 0 Å². The lowest BCUT2D eigenvalue weighted by molar-refractivity contribution is -0.136. The van der Waals surface area contributed by atoms with Gasteiger partial charge in [0, 0.05) is 18.8 Å². The third-order valence-corrected chi connectivity index (χ3v) is 3.56. The molecule has 2 aromatic rings. The molecule has 2 rings (SSSR count). The summed E-state index contributed by atoms with van der Waals surface area (Å²) >= 11 is 0. The summed E-state index contributed by atoms with van der Waals surface area (Å²) in [5.74, 6) is -1.12. The van der Waals surface area contributed by atoms with E-state index < -0.39 is 5.97 Å². The SMILES string of the molecule is Cc1ccc(C)c(N(CCC(=O)O)Cc2cccc(F)c2)c1. The molecule has 1 N–H and O–H groups in total. The van der Waals surface area contributed by atoms with Gasteiger partial charge in [0.2, 0.25) is 0 Å². The molecule has 22 heavy (non-hydrogen) atoms. The lowest BCUT2D eigenvalue weighted by Crippen LogP contribution is -2.26. The summed E-state index contributed by atoms with van der Waals surface area (Å²) in [6, 6.07) is 12.5. The second-order valence-corrected chi connectivity index (χ2v) is 5.49. The summed E-state index contributed by atoms with van der Waals surface area (Å²) < 4.78 is 13.4. The minimum absolute atomic E-state index is 0.0443. The molecule has 0 aliphatic carbocycles. The van der Waals surface area contributed by atoms with E-state index in [1.165, 1.54) is 12.1 Å². The van der Waals surface area contributed by atoms with Crippen LogP contribution in [0, 0.1) is 19.7 Å². The van der Waals surface area contributed by atoms with Gasteiger partial charge in [-0.15, -0.1) is 0 Å². The van der Waals surface area contributed by atoms with Crippen molar-refractivity contribution in [2.24, 2.45) is 0 Å². The lowest BCUT2D eigenvalue weighted by atomic mass is 10.1. The van der Waals surface area contributed by atoms with Gasteiger partial charge in [-0.3, -0.25) is 4.79 Å². The zero-order valence-electron chi connectivity index (χ0n) is 12.8. The van der Waals surface area contributed by atoms with Crippen molar-refractivity contribution in [2.75, 3.05) is 11.4 Å². The van der Waals surface area contributed by atoms with Gasteiger partial charge in [-0.2, -0.15) is 0 Å². The molecule has 4 heteroatoms. The maximum atomic E-state index is 13.4. The fourth-order valence-electron chi connectivity index (χ4n) is 2.43. The van der Waals surface area contributed by atoms with Crippen molar-refractivity contribution in [3.63, 3.8) is 0 Å². The zero-order chi connectivity index (χ0) is 16.1. The molecule has 0 aliphatic heterocycles. The normalized spacial score (nSPS) is 10.5. The number of aryl methyl sites for hydroxylation is 2. The van der Waals surface area contributed by atoms with Crippen LogP contribution in [0.4, 0.5) is 10.1 Å². The first-order chi connectivity index (χ1) is 10.5. The molecule has 0 unspecified atom stereocenters. The van der Waals surface area contributed by atoms with Crippen molar-refractivity contribution in [1.29, 1.82) is 0 Å². The van der Waals surface area contributed by atoms with Gasteiger partial charge < -0.3 is 10.0 Å². The number of anilines is 1. The maximum absolute atomic E-state index is 13.4. The van der Waals surface area contributed by atoms with E-state index in [0.717, 1.165) is 22.4 Å². The average molecular weight is 301 g/mol. The third-order valence-electron chi connectivity index (χ3n) is 3.56. The van der Waals surface area contributed by atoms with Crippen LogP contribution < -0.4 is 4.90 Å². The Morgan fingerprint density at radius 2 is 1.95 bits per heavy atom. The molecule has 2 aromatic carbocycles. The van der Waals surface area contributed by atoms with E-state index in [1.807, 2.05) is 43.0 Å². The summed E-state index contributed by atoms with van der Waals surface area (Å²) in [5.41, 5.74) is 4.00. The number of nitrogens with zero attached hydrogens (tertiary/aromatic N) is 1. The van der Waals surface area contributed by atoms with E-state index in [1.54, 1.807) is 6.07 Å². The van der Waals surface area contributed by atoms with E-state index in [2.05, 4.69) is 0 Å². The zero-order valence-corrected chi connectivity index (χ0v) is 12.8. The second-order valence-electron chi connectivity index (χ2n) is 5.49. The highest BCUT2D eigenvalue weighted by molar-refractivity contribution is 5.68. The topological polar surface area (TPSA) is 40.5 Å². The van der Waals surface area contributed by atoms with Gasteiger partial charge in [0.1, 0.15) is 5.82 Å². The Kier molecular flexibility index (Phi) is 5.15. The van der Waals surface area contributed by atoms with Crippen LogP contribution in [0.25, 0.3) is 0 Å². The van der Waals surface area contributed by atoms with Crippen LogP contribution in [0.1, 0.15) is 23.1 Å². The highest BCUT2D eigenvalue weighted by Crippen LogP contribution is 2.24. The van der Waals surface area contributed by atoms with Gasteiger partial charge in [0.05, 0.1) is 6.42 Å². The average Bonchev–Trinajstić information content (AvgIpc) is 2.46. The maximum Gasteiger partial charge on any atom is 0.305 e. The quantitative estimate of drug-likeness (QED) is 0.879. The van der Waals surface area contributed by atoms with Crippen molar-refractivity contribution in [3.8, 4) is 0 Å². The van der Waals surface area contributed by atoms with Crippen molar-refractivity contribution >= 4 is 11.7 Å². The van der Waals surface area contributed by atoms with E-state index in [9.17, 15) is 9.18 Å². The van der Waals surface area contributed by atoms with Crippen LogP contribution in [-0.2, 0) is 11.3 Å². The predicted octanol–water partition coefficient (Wildman–Crippen LogP) is 3.92. The fourth-order valence-corrected chi connectivity index (χ4v) is 2.43. The molecule has 0 saturated carbocycles. The number of rotatable bonds is 6. The van der Waals surface area contributed by atoms with Gasteiger partial charge in [0.15, 0.2) is 0 Å². The first-order valence-corrected chi connectivity index (χ1v) is 7.24. The summed E-state index contributed by atoms with van der Waals surface area (Å²) in [6.45, 7) is 4.86. The molecule has 0 fully saturated rings. The number of carboxylic acids is 1. The van der Waals surface area contributed by atoms with Crippen molar-refractivity contribution in [1.82, 2.24) is 0 Å². The summed E-state index contributed by atoms with van der Waals surface area (Å²) in [6.07, 6.45) is 0.0443. The van der Waals surface area contributed by atoms with Gasteiger partial charge in [-0.05, 0) is 48.7 Å². The largest absolute Gasteiger partial charge is 0.481 e. The smallest absolute Gasteiger partial charge is 0.305 e. The summed E-state index contributed by atoms with van der Waals surface area (Å²) in [5, 5.41) is 8.96. The number of carbonyl (C=O) groups is 1. The minimum atomic E-state index is -0.838. The number of aliphatic carboxylic acids is 1. The Balaban J connectivity index is 2.29. The molecule has 3 nitrogen and oxygen atoms in total. The van der Waals surface area contributed by atoms with Crippen molar-refractivity contribution in [3.05, 3.63) is 65.0 Å². The molecule has 0 heterocycles. The molecular weight excluding hydrogens is 281 g/mol. The number of benzene rings is 2. The molecule has 0 bridgehead atoms. The molecule has 0 amide bonds. The Hall–Kier alpha value is -2.36. The summed E-state index contributed by atoms with van der Waals surface area (Å²) in [7, 11) is 0. The third kappa shape index (κ3) is 4.32. The lowest BCUT2D eigenvalue weighted by Gasteiger charge is -2.26. The Bertz CT molecular complexity index is 670. The molecule has 0 aliphatic rings. The summed E-state index contributed by atoms with van der Waals surface area (Å²) in [4.78, 5) is 12.9. The highest BCUT2D eigenvalue weighted by atomic mass is 19.1. The Morgan fingerprint density at radius 3 is 2.64 bits per heavy atom. The first-order valence-electron chi connectivity index (χ1n) is 7.24. The standard InChI is InChI=1S/C18H20FNO2/c1-13-6-7-14(2)17(10-13)20(9-8-18(21)22)12-15-4-3-5-16(19)11-15/h3-7,10-11H,8-9,12H2,1-2H3,(H,21,22). The molecule has 0 spiro atoms. The number of halogens is 1. The first kappa shape index (κ1) is 16.0. The number of hydrogen-bond donors (Lipinski definition) is 1. The minimum Gasteiger partial charge on any atom is -0.481 e. The van der Waals surface area contributed by atoms with Gasteiger partial charge in [0.25, 0.3) is 0 Å². The van der Waals surface area contributed by atoms with E-state index in [-0.39, 0.29) is 12.2 Å². The number of hydrogen-bond acceptors (Lipinski definition) is 2.